The summed E-state index contributed by atoms with van der Waals surface area (Å²) >= 11 is 0. The summed E-state index contributed by atoms with van der Waals surface area (Å²) in [5.41, 5.74) is 0.318. The van der Waals surface area contributed by atoms with Gasteiger partial charge in [-0.1, -0.05) is 58.6 Å². The number of hydrogen-bond donors (Lipinski definition) is 1. The molecule has 1 N–H and O–H groups in total. The minimum Gasteiger partial charge on any atom is -0.478 e. The fourth-order valence-corrected chi connectivity index (χ4v) is 0.350. The Kier molecular flexibility index (Phi) is 23.3. The van der Waals surface area contributed by atoms with Crippen LogP contribution in [0.5, 0.6) is 0 Å². The average molecular weight is 198 g/mol. The van der Waals surface area contributed by atoms with Crippen LogP contribution in [0.1, 0.15) is 34.6 Å². The number of rotatable bonds is 3. The molecule has 0 aromatic rings. The third-order valence-electron chi connectivity index (χ3n) is 0.931. The van der Waals surface area contributed by atoms with Gasteiger partial charge in [0, 0.05) is 5.57 Å². The maximum atomic E-state index is 10.2. The molecular formula is C12H22O2. The molecular weight excluding hydrogens is 176 g/mol. The third kappa shape index (κ3) is 17.0. The van der Waals surface area contributed by atoms with Gasteiger partial charge in [-0.15, -0.1) is 0 Å². The normalized spacial score (nSPS) is 9.36. The predicted octanol–water partition coefficient (Wildman–Crippen LogP) is 3.81. The maximum absolute atomic E-state index is 10.2. The summed E-state index contributed by atoms with van der Waals surface area (Å²) in [5, 5.41) is 8.35. The summed E-state index contributed by atoms with van der Waals surface area (Å²) in [6, 6.07) is 0. The number of carbonyl (C=O) groups is 1. The topological polar surface area (TPSA) is 37.3 Å². The van der Waals surface area contributed by atoms with Gasteiger partial charge in [-0.05, 0) is 6.92 Å². The van der Waals surface area contributed by atoms with Gasteiger partial charge in [0.25, 0.3) is 0 Å². The van der Waals surface area contributed by atoms with E-state index < -0.39 is 5.97 Å². The van der Waals surface area contributed by atoms with E-state index in [-0.39, 0.29) is 0 Å². The second-order valence-corrected chi connectivity index (χ2v) is 1.78. The molecule has 14 heavy (non-hydrogen) atoms. The lowest BCUT2D eigenvalue weighted by molar-refractivity contribution is -0.132. The van der Waals surface area contributed by atoms with Crippen LogP contribution in [0.4, 0.5) is 0 Å². The summed E-state index contributed by atoms with van der Waals surface area (Å²) in [6.07, 6.45) is 6.42. The monoisotopic (exact) mass is 198 g/mol. The van der Waals surface area contributed by atoms with E-state index in [1.165, 1.54) is 13.0 Å². The number of carboxylic acid groups (broad SMARTS) is 1. The van der Waals surface area contributed by atoms with Gasteiger partial charge in [0.2, 0.25) is 0 Å². The molecule has 2 heteroatoms. The molecule has 82 valence electrons. The zero-order valence-corrected chi connectivity index (χ0v) is 9.87. The maximum Gasteiger partial charge on any atom is 0.331 e. The second-order valence-electron chi connectivity index (χ2n) is 1.78. The first-order valence-corrected chi connectivity index (χ1v) is 4.87. The minimum absolute atomic E-state index is 0.318. The van der Waals surface area contributed by atoms with Crippen molar-refractivity contribution in [2.75, 3.05) is 0 Å². The van der Waals surface area contributed by atoms with E-state index >= 15 is 0 Å². The van der Waals surface area contributed by atoms with Gasteiger partial charge in [0.1, 0.15) is 0 Å². The Morgan fingerprint density at radius 3 is 1.86 bits per heavy atom. The highest BCUT2D eigenvalue weighted by Crippen LogP contribution is 1.91. The Labute approximate surface area is 87.7 Å². The fourth-order valence-electron chi connectivity index (χ4n) is 0.350. The van der Waals surface area contributed by atoms with Crippen LogP contribution >= 0.6 is 0 Å². The van der Waals surface area contributed by atoms with Gasteiger partial charge in [-0.25, -0.2) is 4.79 Å². The lowest BCUT2D eigenvalue weighted by Gasteiger charge is -1.85. The molecule has 0 rings (SSSR count). The molecule has 0 aliphatic carbocycles. The van der Waals surface area contributed by atoms with Gasteiger partial charge in [0.15, 0.2) is 0 Å². The number of aliphatic carboxylic acids is 1. The Balaban J connectivity index is -0.000000266. The van der Waals surface area contributed by atoms with Gasteiger partial charge in [-0.2, -0.15) is 0 Å². The third-order valence-corrected chi connectivity index (χ3v) is 0.931. The van der Waals surface area contributed by atoms with Crippen molar-refractivity contribution in [2.24, 2.45) is 0 Å². The lowest BCUT2D eigenvalue weighted by atomic mass is 10.3. The molecule has 0 saturated heterocycles. The summed E-state index contributed by atoms with van der Waals surface area (Å²) in [4.78, 5) is 10.2. The molecule has 0 saturated carbocycles. The van der Waals surface area contributed by atoms with E-state index in [1.54, 1.807) is 18.2 Å². The first kappa shape index (κ1) is 18.5. The molecule has 0 fully saturated rings. The lowest BCUT2D eigenvalue weighted by Crippen LogP contribution is -1.94. The van der Waals surface area contributed by atoms with E-state index in [0.29, 0.717) is 5.57 Å². The smallest absolute Gasteiger partial charge is 0.331 e. The predicted molar refractivity (Wildman–Crippen MR) is 63.4 cm³/mol. The highest BCUT2D eigenvalue weighted by molar-refractivity contribution is 5.86. The highest BCUT2D eigenvalue weighted by Gasteiger charge is 1.94. The molecule has 0 aromatic heterocycles. The standard InChI is InChI=1S/C8H10O2.2C2H6/c1-3-4-5-6-7(2)8(9)10;2*1-2/h3-6H,1H2,2H3,(H,9,10);2*1-2H3/b5-4-,7-6+;;. The van der Waals surface area contributed by atoms with Gasteiger partial charge in [0.05, 0.1) is 0 Å². The number of allylic oxidation sites excluding steroid dienone is 4. The van der Waals surface area contributed by atoms with Crippen molar-refractivity contribution in [3.8, 4) is 0 Å². The van der Waals surface area contributed by atoms with E-state index in [9.17, 15) is 4.79 Å². The Bertz CT molecular complexity index is 188. The van der Waals surface area contributed by atoms with Crippen LogP contribution in [0.15, 0.2) is 36.5 Å². The summed E-state index contributed by atoms with van der Waals surface area (Å²) in [5.74, 6) is -0.895. The number of carboxylic acids is 1. The summed E-state index contributed by atoms with van der Waals surface area (Å²) in [6.45, 7) is 13.0. The quantitative estimate of drug-likeness (QED) is 0.553. The molecule has 0 spiro atoms. The Morgan fingerprint density at radius 1 is 1.14 bits per heavy atom. The van der Waals surface area contributed by atoms with Crippen LogP contribution in [0.3, 0.4) is 0 Å². The van der Waals surface area contributed by atoms with Gasteiger partial charge < -0.3 is 5.11 Å². The summed E-state index contributed by atoms with van der Waals surface area (Å²) < 4.78 is 0. The molecule has 0 radical (unpaired) electrons. The van der Waals surface area contributed by atoms with Crippen molar-refractivity contribution in [1.29, 1.82) is 0 Å². The molecule has 2 nitrogen and oxygen atoms in total. The van der Waals surface area contributed by atoms with Crippen molar-refractivity contribution in [2.45, 2.75) is 34.6 Å². The van der Waals surface area contributed by atoms with E-state index in [0.717, 1.165) is 0 Å². The van der Waals surface area contributed by atoms with E-state index in [1.807, 2.05) is 27.7 Å². The first-order valence-electron chi connectivity index (χ1n) is 4.87. The highest BCUT2D eigenvalue weighted by atomic mass is 16.4. The van der Waals surface area contributed by atoms with E-state index in [2.05, 4.69) is 6.58 Å². The van der Waals surface area contributed by atoms with Crippen LogP contribution in [-0.2, 0) is 4.79 Å². The zero-order valence-electron chi connectivity index (χ0n) is 9.87. The summed E-state index contributed by atoms with van der Waals surface area (Å²) in [7, 11) is 0. The van der Waals surface area contributed by atoms with Crippen molar-refractivity contribution in [3.63, 3.8) is 0 Å². The van der Waals surface area contributed by atoms with Crippen LogP contribution in [0, 0.1) is 0 Å². The van der Waals surface area contributed by atoms with Crippen LogP contribution in [0.2, 0.25) is 0 Å². The SMILES string of the molecule is C=C/C=C\C=C(/C)C(=O)O.CC.CC. The van der Waals surface area contributed by atoms with E-state index in [4.69, 9.17) is 5.11 Å². The van der Waals surface area contributed by atoms with Crippen molar-refractivity contribution >= 4 is 5.97 Å². The van der Waals surface area contributed by atoms with Crippen molar-refractivity contribution in [3.05, 3.63) is 36.5 Å². The van der Waals surface area contributed by atoms with Gasteiger partial charge in [-0.3, -0.25) is 0 Å². The average Bonchev–Trinajstić information content (AvgIpc) is 2.24. The molecule has 0 atom stereocenters. The minimum atomic E-state index is -0.895. The van der Waals surface area contributed by atoms with Crippen LogP contribution in [0.25, 0.3) is 0 Å². The second kappa shape index (κ2) is 17.7. The number of hydrogen-bond acceptors (Lipinski definition) is 1. The molecule has 0 bridgehead atoms. The van der Waals surface area contributed by atoms with Crippen LogP contribution < -0.4 is 0 Å². The van der Waals surface area contributed by atoms with Gasteiger partial charge >= 0.3 is 5.97 Å². The van der Waals surface area contributed by atoms with Crippen molar-refractivity contribution in [1.82, 2.24) is 0 Å². The fraction of sp³-hybridized carbons (Fsp3) is 0.417. The molecule has 0 heterocycles. The zero-order chi connectivity index (χ0) is 12.0. The molecule has 0 aromatic carbocycles. The molecule has 0 aliphatic heterocycles. The first-order chi connectivity index (χ1) is 6.68. The Hall–Kier alpha value is -1.31. The van der Waals surface area contributed by atoms with Crippen molar-refractivity contribution < 1.29 is 9.90 Å². The van der Waals surface area contributed by atoms with Crippen LogP contribution in [-0.4, -0.2) is 11.1 Å². The largest absolute Gasteiger partial charge is 0.478 e. The molecule has 0 aliphatic rings. The molecule has 0 amide bonds. The molecule has 0 unspecified atom stereocenters. The Morgan fingerprint density at radius 2 is 1.57 bits per heavy atom.